The van der Waals surface area contributed by atoms with Crippen molar-refractivity contribution in [1.29, 1.82) is 0 Å². The topological polar surface area (TPSA) is 34.6 Å². The van der Waals surface area contributed by atoms with Crippen LogP contribution >= 0.6 is 0 Å². The van der Waals surface area contributed by atoms with Crippen LogP contribution in [0, 0.1) is 0 Å². The summed E-state index contributed by atoms with van der Waals surface area (Å²) in [6.45, 7) is 25.1. The molecule has 0 bridgehead atoms. The number of aryl methyl sites for hydroxylation is 1. The Morgan fingerprint density at radius 2 is 1.36 bits per heavy atom. The molecule has 39 heavy (non-hydrogen) atoms. The number of benzene rings is 2. The summed E-state index contributed by atoms with van der Waals surface area (Å²) in [5, 5.41) is 0. The lowest BCUT2D eigenvalue weighted by Crippen LogP contribution is -2.34. The van der Waals surface area contributed by atoms with Crippen LogP contribution in [0.15, 0.2) is 42.5 Å². The van der Waals surface area contributed by atoms with Crippen molar-refractivity contribution in [1.82, 2.24) is 14.5 Å². The van der Waals surface area contributed by atoms with Gasteiger partial charge in [0.1, 0.15) is 11.5 Å². The molecular weight excluding hydrogens is 476 g/mol. The van der Waals surface area contributed by atoms with Gasteiger partial charge in [-0.2, -0.15) is 4.57 Å². The van der Waals surface area contributed by atoms with E-state index in [0.29, 0.717) is 0 Å². The molecule has 0 N–H and O–H groups in total. The van der Waals surface area contributed by atoms with E-state index in [1.54, 1.807) is 0 Å². The van der Waals surface area contributed by atoms with Gasteiger partial charge in [-0.05, 0) is 42.1 Å². The minimum atomic E-state index is -0.934. The van der Waals surface area contributed by atoms with Gasteiger partial charge in [-0.1, -0.05) is 95.2 Å². The number of hydrogen-bond acceptors (Lipinski definition) is 2. The lowest BCUT2D eigenvalue weighted by Gasteiger charge is -2.25. The molecule has 0 unspecified atom stereocenters. The van der Waals surface area contributed by atoms with Crippen molar-refractivity contribution >= 4 is 11.0 Å². The molecule has 0 saturated heterocycles. The van der Waals surface area contributed by atoms with E-state index in [4.69, 9.17) is 9.97 Å². The highest BCUT2D eigenvalue weighted by Crippen LogP contribution is 2.39. The number of aromatic nitrogens is 4. The summed E-state index contributed by atoms with van der Waals surface area (Å²) in [7, 11) is 2.11. The zero-order valence-corrected chi connectivity index (χ0v) is 26.4. The van der Waals surface area contributed by atoms with E-state index in [-0.39, 0.29) is 16.7 Å². The molecule has 2 heterocycles. The largest absolute Gasteiger partial charge is 0.265 e. The number of para-hydroxylation sites is 2. The third kappa shape index (κ3) is 5.40. The van der Waals surface area contributed by atoms with Crippen molar-refractivity contribution in [3.05, 3.63) is 70.9 Å². The predicted octanol–water partition coefficient (Wildman–Crippen LogP) is 8.88. The molecule has 0 fully saturated rings. The summed E-state index contributed by atoms with van der Waals surface area (Å²) in [5.41, 5.74) is 7.25. The normalized spacial score (nSPS) is 14.2. The summed E-state index contributed by atoms with van der Waals surface area (Å²) < 4.78 is 23.3. The van der Waals surface area contributed by atoms with Crippen LogP contribution < -0.4 is 4.57 Å². The Hall–Kier alpha value is -3.01. The Kier molecular flexibility index (Phi) is 6.85. The summed E-state index contributed by atoms with van der Waals surface area (Å²) in [4.78, 5) is 10.1. The standard InChI is InChI=1S/C35H49N4/c1-21(2)25-18-24(27-20-30(34(7,8)9)37-33(36-27)35(10,11)12)19-26(22(3)4)31(25)39-29-17-15-14-16-28(29)38(13)32(39)23(5)6/h14-23H,1-13H3/q+1/i21D,22D. The van der Waals surface area contributed by atoms with Crippen LogP contribution in [-0.4, -0.2) is 14.5 Å². The van der Waals surface area contributed by atoms with Gasteiger partial charge in [0.05, 0.1) is 24.4 Å². The molecule has 0 aliphatic rings. The fourth-order valence-corrected chi connectivity index (χ4v) is 5.31. The Labute approximate surface area is 239 Å². The minimum absolute atomic E-state index is 0.155. The van der Waals surface area contributed by atoms with Gasteiger partial charge in [-0.3, -0.25) is 0 Å². The molecule has 0 atom stereocenters. The van der Waals surface area contributed by atoms with Crippen LogP contribution in [0.1, 0.15) is 132 Å². The molecule has 0 aliphatic heterocycles. The summed E-state index contributed by atoms with van der Waals surface area (Å²) in [5.74, 6) is 0.294. The number of fused-ring (bicyclic) bond motifs is 1. The molecule has 0 saturated carbocycles. The summed E-state index contributed by atoms with van der Waals surface area (Å²) in [6, 6.07) is 14.8. The Morgan fingerprint density at radius 1 is 0.795 bits per heavy atom. The average molecular weight is 528 g/mol. The molecule has 0 radical (unpaired) electrons. The number of rotatable bonds is 5. The molecule has 0 aliphatic carbocycles. The van der Waals surface area contributed by atoms with Gasteiger partial charge in [0, 0.05) is 30.3 Å². The van der Waals surface area contributed by atoms with Gasteiger partial charge in [-0.15, -0.1) is 0 Å². The first kappa shape index (κ1) is 26.2. The smallest absolute Gasteiger partial charge is 0.237 e. The van der Waals surface area contributed by atoms with E-state index in [1.165, 1.54) is 0 Å². The lowest BCUT2D eigenvalue weighted by molar-refractivity contribution is -0.654. The van der Waals surface area contributed by atoms with Gasteiger partial charge in [0.25, 0.3) is 5.82 Å². The Balaban J connectivity index is 2.21. The molecule has 4 heteroatoms. The highest BCUT2D eigenvalue weighted by atomic mass is 15.2. The average Bonchev–Trinajstić information content (AvgIpc) is 3.13. The minimum Gasteiger partial charge on any atom is -0.237 e. The maximum absolute atomic E-state index is 9.38. The molecule has 4 aromatic rings. The van der Waals surface area contributed by atoms with Crippen LogP contribution in [0.25, 0.3) is 28.0 Å². The van der Waals surface area contributed by atoms with Crippen molar-refractivity contribution in [2.45, 2.75) is 112 Å². The van der Waals surface area contributed by atoms with E-state index in [1.807, 2.05) is 27.7 Å². The van der Waals surface area contributed by atoms with Gasteiger partial charge in [0.15, 0.2) is 11.0 Å². The second-order valence-corrected chi connectivity index (χ2v) is 13.8. The van der Waals surface area contributed by atoms with Crippen molar-refractivity contribution in [3.8, 4) is 16.9 Å². The van der Waals surface area contributed by atoms with E-state index in [9.17, 15) is 2.74 Å². The zero-order valence-electron chi connectivity index (χ0n) is 28.4. The highest BCUT2D eigenvalue weighted by molar-refractivity contribution is 5.77. The van der Waals surface area contributed by atoms with E-state index < -0.39 is 11.8 Å². The van der Waals surface area contributed by atoms with Crippen molar-refractivity contribution in [2.75, 3.05) is 0 Å². The van der Waals surface area contributed by atoms with E-state index in [0.717, 1.165) is 56.4 Å². The number of imidazole rings is 1. The van der Waals surface area contributed by atoms with Crippen LogP contribution in [0.2, 0.25) is 0 Å². The van der Waals surface area contributed by atoms with Gasteiger partial charge in [-0.25, -0.2) is 14.5 Å². The molecule has 0 amide bonds. The third-order valence-corrected chi connectivity index (χ3v) is 7.45. The zero-order chi connectivity index (χ0) is 30.9. The second kappa shape index (κ2) is 10.2. The fraction of sp³-hybridized carbons (Fsp3) is 0.514. The monoisotopic (exact) mass is 527 g/mol. The molecule has 4 nitrogen and oxygen atoms in total. The van der Waals surface area contributed by atoms with Crippen molar-refractivity contribution in [2.24, 2.45) is 7.05 Å². The van der Waals surface area contributed by atoms with Crippen molar-refractivity contribution < 1.29 is 7.31 Å². The summed E-state index contributed by atoms with van der Waals surface area (Å²) in [6.07, 6.45) is 0. The number of nitrogens with zero attached hydrogens (tertiary/aromatic N) is 4. The van der Waals surface area contributed by atoms with Crippen LogP contribution in [-0.2, 0) is 17.9 Å². The Bertz CT molecular complexity index is 1530. The Morgan fingerprint density at radius 3 is 1.85 bits per heavy atom. The first-order valence-electron chi connectivity index (χ1n) is 15.2. The SMILES string of the molecule is [2H]C(C)(C)c1cc(-c2cc(C(C)(C)C)nc(C(C)(C)C)n2)cc(C([2H])(C)C)c1-n1c(C(C)C)[n+](C)c2ccccc21. The van der Waals surface area contributed by atoms with Gasteiger partial charge >= 0.3 is 0 Å². The van der Waals surface area contributed by atoms with Crippen LogP contribution in [0.3, 0.4) is 0 Å². The first-order chi connectivity index (χ1) is 18.6. The highest BCUT2D eigenvalue weighted by Gasteiger charge is 2.32. The summed E-state index contributed by atoms with van der Waals surface area (Å²) >= 11 is 0. The third-order valence-electron chi connectivity index (χ3n) is 7.45. The maximum Gasteiger partial charge on any atom is 0.265 e. The van der Waals surface area contributed by atoms with Gasteiger partial charge < -0.3 is 0 Å². The quantitative estimate of drug-likeness (QED) is 0.243. The first-order valence-corrected chi connectivity index (χ1v) is 14.2. The number of hydrogen-bond donors (Lipinski definition) is 0. The maximum atomic E-state index is 9.38. The van der Waals surface area contributed by atoms with Crippen LogP contribution in [0.5, 0.6) is 0 Å². The predicted molar refractivity (Wildman–Crippen MR) is 165 cm³/mol. The molecule has 0 spiro atoms. The lowest BCUT2D eigenvalue weighted by atomic mass is 9.86. The molecule has 2 aromatic heterocycles. The van der Waals surface area contributed by atoms with Gasteiger partial charge in [0.2, 0.25) is 0 Å². The fourth-order valence-electron chi connectivity index (χ4n) is 5.31. The molecule has 2 aromatic carbocycles. The van der Waals surface area contributed by atoms with Crippen LogP contribution in [0.4, 0.5) is 0 Å². The second-order valence-electron chi connectivity index (χ2n) is 13.8. The van der Waals surface area contributed by atoms with Crippen molar-refractivity contribution in [3.63, 3.8) is 0 Å². The van der Waals surface area contributed by atoms with E-state index in [2.05, 4.69) is 114 Å². The molecule has 208 valence electrons. The molecular formula is C35H49N4+. The molecule has 4 rings (SSSR count). The van der Waals surface area contributed by atoms with E-state index >= 15 is 0 Å².